The lowest BCUT2D eigenvalue weighted by molar-refractivity contribution is -0.125. The van der Waals surface area contributed by atoms with Crippen LogP contribution in [0.15, 0.2) is 48.5 Å². The number of nitrogens with two attached hydrogens (primary N) is 1. The van der Waals surface area contributed by atoms with Crippen molar-refractivity contribution in [2.75, 3.05) is 7.11 Å². The lowest BCUT2D eigenvalue weighted by Crippen LogP contribution is -2.35. The van der Waals surface area contributed by atoms with E-state index >= 15 is 0 Å². The maximum Gasteiger partial charge on any atom is 0.225 e. The number of ether oxygens (including phenoxy) is 1. The molecule has 0 fully saturated rings. The Morgan fingerprint density at radius 3 is 2.50 bits per heavy atom. The summed E-state index contributed by atoms with van der Waals surface area (Å²) in [6.07, 6.45) is 0. The molecule has 1 amide bonds. The van der Waals surface area contributed by atoms with E-state index in [0.717, 1.165) is 22.4 Å². The third kappa shape index (κ3) is 4.98. The van der Waals surface area contributed by atoms with Crippen molar-refractivity contribution in [1.29, 1.82) is 0 Å². The summed E-state index contributed by atoms with van der Waals surface area (Å²) in [6.45, 7) is 4.30. The van der Waals surface area contributed by atoms with Crippen LogP contribution in [0.5, 0.6) is 5.75 Å². The van der Waals surface area contributed by atoms with Gasteiger partial charge in [-0.15, -0.1) is 12.4 Å². The molecule has 3 N–H and O–H groups in total. The topological polar surface area (TPSA) is 64.3 Å². The fraction of sp³-hybridized carbons (Fsp3) is 0.316. The van der Waals surface area contributed by atoms with Crippen LogP contribution < -0.4 is 15.8 Å². The molecule has 24 heavy (non-hydrogen) atoms. The first-order chi connectivity index (χ1) is 11.0. The highest BCUT2D eigenvalue weighted by molar-refractivity contribution is 5.85. The summed E-state index contributed by atoms with van der Waals surface area (Å²) in [5, 5.41) is 2.95. The summed E-state index contributed by atoms with van der Waals surface area (Å²) in [6, 6.07) is 15.3. The average molecular weight is 349 g/mol. The molecule has 5 heteroatoms. The van der Waals surface area contributed by atoms with E-state index in [2.05, 4.69) is 5.32 Å². The van der Waals surface area contributed by atoms with Gasteiger partial charge in [0.2, 0.25) is 5.91 Å². The molecule has 0 heterocycles. The van der Waals surface area contributed by atoms with E-state index < -0.39 is 0 Å². The van der Waals surface area contributed by atoms with Gasteiger partial charge in [0.05, 0.1) is 13.0 Å². The zero-order chi connectivity index (χ0) is 16.8. The van der Waals surface area contributed by atoms with E-state index in [0.29, 0.717) is 6.54 Å². The van der Waals surface area contributed by atoms with Crippen molar-refractivity contribution in [1.82, 2.24) is 5.32 Å². The molecule has 0 saturated carbocycles. The van der Waals surface area contributed by atoms with Crippen LogP contribution >= 0.6 is 12.4 Å². The Balaban J connectivity index is 0.00000288. The number of benzene rings is 2. The minimum absolute atomic E-state index is 0. The Labute approximate surface area is 149 Å². The fourth-order valence-electron chi connectivity index (χ4n) is 2.45. The molecule has 2 aromatic carbocycles. The van der Waals surface area contributed by atoms with Crippen LogP contribution in [0.3, 0.4) is 0 Å². The van der Waals surface area contributed by atoms with Gasteiger partial charge >= 0.3 is 0 Å². The maximum absolute atomic E-state index is 12.3. The van der Waals surface area contributed by atoms with Crippen molar-refractivity contribution >= 4 is 18.3 Å². The van der Waals surface area contributed by atoms with Crippen molar-refractivity contribution in [2.45, 2.75) is 26.4 Å². The van der Waals surface area contributed by atoms with E-state index in [1.165, 1.54) is 0 Å². The number of methoxy groups -OCH3 is 1. The third-order valence-corrected chi connectivity index (χ3v) is 4.08. The molecular formula is C19H25ClN2O2. The zero-order valence-corrected chi connectivity index (χ0v) is 15.1. The second-order valence-corrected chi connectivity index (χ2v) is 5.75. The van der Waals surface area contributed by atoms with E-state index in [1.807, 2.05) is 62.4 Å². The largest absolute Gasteiger partial charge is 0.496 e. The van der Waals surface area contributed by atoms with E-state index in [-0.39, 0.29) is 30.3 Å². The highest BCUT2D eigenvalue weighted by Crippen LogP contribution is 2.21. The summed E-state index contributed by atoms with van der Waals surface area (Å²) in [7, 11) is 1.64. The Morgan fingerprint density at radius 1 is 1.21 bits per heavy atom. The van der Waals surface area contributed by atoms with Crippen molar-refractivity contribution in [3.05, 3.63) is 65.2 Å². The number of carbonyl (C=O) groups excluding carboxylic acids is 1. The molecular weight excluding hydrogens is 324 g/mol. The molecule has 2 atom stereocenters. The molecule has 0 aliphatic carbocycles. The van der Waals surface area contributed by atoms with Crippen LogP contribution in [0.1, 0.15) is 29.7 Å². The second-order valence-electron chi connectivity index (χ2n) is 5.75. The number of aryl methyl sites for hydroxylation is 1. The molecule has 0 saturated heterocycles. The molecule has 130 valence electrons. The number of halogens is 1. The summed E-state index contributed by atoms with van der Waals surface area (Å²) < 4.78 is 5.30. The van der Waals surface area contributed by atoms with Crippen LogP contribution in [0.2, 0.25) is 0 Å². The van der Waals surface area contributed by atoms with Gasteiger partial charge in [0.25, 0.3) is 0 Å². The molecule has 2 rings (SSSR count). The third-order valence-electron chi connectivity index (χ3n) is 4.08. The molecule has 2 aromatic rings. The monoisotopic (exact) mass is 348 g/mol. The van der Waals surface area contributed by atoms with Crippen LogP contribution in [-0.2, 0) is 11.3 Å². The highest BCUT2D eigenvalue weighted by Gasteiger charge is 2.21. The van der Waals surface area contributed by atoms with Crippen LogP contribution in [0.25, 0.3) is 0 Å². The van der Waals surface area contributed by atoms with Gasteiger partial charge < -0.3 is 15.8 Å². The smallest absolute Gasteiger partial charge is 0.225 e. The average Bonchev–Trinajstić information content (AvgIpc) is 2.60. The Hall–Kier alpha value is -2.04. The standard InChI is InChI=1S/C19H24N2O2.ClH/c1-13-9-10-15(11-17(13)23-3)12-21-19(22)14(2)18(20)16-7-5-4-6-8-16;/h4-11,14,18H,12,20H2,1-3H3,(H,21,22);1H. The minimum atomic E-state index is -0.316. The lowest BCUT2D eigenvalue weighted by atomic mass is 9.94. The van der Waals surface area contributed by atoms with Crippen molar-refractivity contribution < 1.29 is 9.53 Å². The predicted octanol–water partition coefficient (Wildman–Crippen LogP) is 3.38. The van der Waals surface area contributed by atoms with Gasteiger partial charge in [-0.2, -0.15) is 0 Å². The van der Waals surface area contributed by atoms with Gasteiger partial charge in [0.15, 0.2) is 0 Å². The lowest BCUT2D eigenvalue weighted by Gasteiger charge is -2.20. The van der Waals surface area contributed by atoms with Gasteiger partial charge in [-0.25, -0.2) is 0 Å². The zero-order valence-electron chi connectivity index (χ0n) is 14.3. The number of nitrogens with one attached hydrogen (secondary N) is 1. The molecule has 2 unspecified atom stereocenters. The highest BCUT2D eigenvalue weighted by atomic mass is 35.5. The van der Waals surface area contributed by atoms with E-state index in [4.69, 9.17) is 10.5 Å². The Kier molecular flexibility index (Phi) is 7.75. The number of carbonyl (C=O) groups is 1. The quantitative estimate of drug-likeness (QED) is 0.841. The van der Waals surface area contributed by atoms with Gasteiger partial charge in [-0.05, 0) is 29.7 Å². The molecule has 0 spiro atoms. The van der Waals surface area contributed by atoms with Crippen molar-refractivity contribution in [3.8, 4) is 5.75 Å². The summed E-state index contributed by atoms with van der Waals surface area (Å²) >= 11 is 0. The summed E-state index contributed by atoms with van der Waals surface area (Å²) in [5.74, 6) is 0.469. The Morgan fingerprint density at radius 2 is 1.88 bits per heavy atom. The number of hydrogen-bond donors (Lipinski definition) is 2. The second kappa shape index (κ2) is 9.30. The van der Waals surface area contributed by atoms with Crippen molar-refractivity contribution in [3.63, 3.8) is 0 Å². The first kappa shape index (κ1) is 20.0. The van der Waals surface area contributed by atoms with Gasteiger partial charge in [0.1, 0.15) is 5.75 Å². The number of hydrogen-bond acceptors (Lipinski definition) is 3. The number of rotatable bonds is 6. The number of amides is 1. The summed E-state index contributed by atoms with van der Waals surface area (Å²) in [5.41, 5.74) is 9.23. The minimum Gasteiger partial charge on any atom is -0.496 e. The van der Waals surface area contributed by atoms with Crippen LogP contribution in [0, 0.1) is 12.8 Å². The first-order valence-electron chi connectivity index (χ1n) is 7.74. The Bertz CT molecular complexity index is 662. The molecule has 0 aromatic heterocycles. The normalized spacial score (nSPS) is 12.7. The van der Waals surface area contributed by atoms with Gasteiger partial charge in [0, 0.05) is 12.6 Å². The predicted molar refractivity (Wildman–Crippen MR) is 99.4 cm³/mol. The van der Waals surface area contributed by atoms with Crippen LogP contribution in [-0.4, -0.2) is 13.0 Å². The molecule has 0 aliphatic heterocycles. The van der Waals surface area contributed by atoms with E-state index in [9.17, 15) is 4.79 Å². The van der Waals surface area contributed by atoms with E-state index in [1.54, 1.807) is 7.11 Å². The molecule has 0 aliphatic rings. The van der Waals surface area contributed by atoms with Crippen molar-refractivity contribution in [2.24, 2.45) is 11.7 Å². The SMILES string of the molecule is COc1cc(CNC(=O)C(C)C(N)c2ccccc2)ccc1C.Cl. The van der Waals surface area contributed by atoms with Gasteiger partial charge in [-0.3, -0.25) is 4.79 Å². The summed E-state index contributed by atoms with van der Waals surface area (Å²) in [4.78, 5) is 12.3. The van der Waals surface area contributed by atoms with Gasteiger partial charge in [-0.1, -0.05) is 49.4 Å². The maximum atomic E-state index is 12.3. The van der Waals surface area contributed by atoms with Crippen LogP contribution in [0.4, 0.5) is 0 Å². The first-order valence-corrected chi connectivity index (χ1v) is 7.74. The molecule has 0 bridgehead atoms. The fourth-order valence-corrected chi connectivity index (χ4v) is 2.45. The molecule has 4 nitrogen and oxygen atoms in total. The molecule has 0 radical (unpaired) electrons.